The first-order chi connectivity index (χ1) is 12.3. The van der Waals surface area contributed by atoms with Gasteiger partial charge in [-0.2, -0.15) is 15.0 Å². The van der Waals surface area contributed by atoms with E-state index in [0.717, 1.165) is 16.1 Å². The molecule has 3 heterocycles. The van der Waals surface area contributed by atoms with Crippen LogP contribution in [-0.4, -0.2) is 24.9 Å². The molecule has 0 bridgehead atoms. The lowest BCUT2D eigenvalue weighted by atomic mass is 10.1. The molecule has 0 saturated carbocycles. The smallest absolute Gasteiger partial charge is 0.223 e. The molecule has 0 saturated heterocycles. The number of rotatable bonds is 3. The molecule has 6 nitrogen and oxygen atoms in total. The predicted molar refractivity (Wildman–Crippen MR) is 94.3 cm³/mol. The third-order valence-corrected chi connectivity index (χ3v) is 4.54. The second kappa shape index (κ2) is 6.19. The maximum Gasteiger partial charge on any atom is 0.223 e. The average Bonchev–Trinajstić information content (AvgIpc) is 3.32. The van der Waals surface area contributed by atoms with Crippen molar-refractivity contribution < 1.29 is 5.11 Å². The minimum Gasteiger partial charge on any atom is -0.493 e. The van der Waals surface area contributed by atoms with E-state index < -0.39 is 0 Å². The minimum atomic E-state index is -0.000735. The summed E-state index contributed by atoms with van der Waals surface area (Å²) in [6, 6.07) is 12.7. The fraction of sp³-hybridized carbons (Fsp3) is 0. The van der Waals surface area contributed by atoms with E-state index in [-0.39, 0.29) is 5.88 Å². The minimum absolute atomic E-state index is 0.000735. The van der Waals surface area contributed by atoms with Crippen molar-refractivity contribution in [3.63, 3.8) is 0 Å². The van der Waals surface area contributed by atoms with Gasteiger partial charge in [-0.3, -0.25) is 0 Å². The van der Waals surface area contributed by atoms with Gasteiger partial charge in [0.25, 0.3) is 0 Å². The van der Waals surface area contributed by atoms with Crippen LogP contribution in [0.5, 0.6) is 5.88 Å². The van der Waals surface area contributed by atoms with Crippen molar-refractivity contribution in [2.75, 3.05) is 0 Å². The monoisotopic (exact) mass is 345 g/mol. The Bertz CT molecular complexity index is 1040. The molecule has 0 unspecified atom stereocenters. The van der Waals surface area contributed by atoms with Gasteiger partial charge in [-0.1, -0.05) is 12.1 Å². The van der Waals surface area contributed by atoms with E-state index in [2.05, 4.69) is 21.1 Å². The predicted octanol–water partition coefficient (Wildman–Crippen LogP) is 3.64. The first-order valence-electron chi connectivity index (χ1n) is 7.40. The quantitative estimate of drug-likeness (QED) is 0.612. The summed E-state index contributed by atoms with van der Waals surface area (Å²) in [4.78, 5) is 8.61. The lowest BCUT2D eigenvalue weighted by molar-refractivity contribution is 0.433. The molecule has 0 amide bonds. The summed E-state index contributed by atoms with van der Waals surface area (Å²) in [7, 11) is 0. The number of aromatic hydroxyl groups is 1. The third kappa shape index (κ3) is 2.75. The summed E-state index contributed by atoms with van der Waals surface area (Å²) in [5.41, 5.74) is 2.84. The average molecular weight is 345 g/mol. The molecule has 1 N–H and O–H groups in total. The van der Waals surface area contributed by atoms with Crippen molar-refractivity contribution >= 4 is 11.3 Å². The number of nitriles is 1. The van der Waals surface area contributed by atoms with Crippen molar-refractivity contribution in [1.82, 2.24) is 19.7 Å². The van der Waals surface area contributed by atoms with Gasteiger partial charge in [0.1, 0.15) is 5.01 Å². The van der Waals surface area contributed by atoms with Crippen LogP contribution in [0, 0.1) is 11.3 Å². The van der Waals surface area contributed by atoms with Crippen LogP contribution in [0.25, 0.3) is 27.5 Å². The lowest BCUT2D eigenvalue weighted by Gasteiger charge is -2.04. The third-order valence-electron chi connectivity index (χ3n) is 3.71. The number of hydrogen-bond donors (Lipinski definition) is 1. The number of aromatic nitrogens is 4. The Hall–Kier alpha value is -3.50. The summed E-state index contributed by atoms with van der Waals surface area (Å²) in [5, 5.41) is 26.4. The molecule has 0 atom stereocenters. The van der Waals surface area contributed by atoms with Gasteiger partial charge in [-0.15, -0.1) is 11.3 Å². The highest BCUT2D eigenvalue weighted by Gasteiger charge is 2.14. The molecule has 0 aliphatic heterocycles. The van der Waals surface area contributed by atoms with Gasteiger partial charge >= 0.3 is 0 Å². The molecule has 3 aromatic heterocycles. The van der Waals surface area contributed by atoms with E-state index in [4.69, 9.17) is 5.26 Å². The molecule has 25 heavy (non-hydrogen) atoms. The summed E-state index contributed by atoms with van der Waals surface area (Å²) in [6.07, 6.45) is 5.03. The number of benzene rings is 1. The highest BCUT2D eigenvalue weighted by Crippen LogP contribution is 2.31. The van der Waals surface area contributed by atoms with Crippen LogP contribution < -0.4 is 0 Å². The first kappa shape index (κ1) is 15.1. The topological polar surface area (TPSA) is 87.6 Å². The second-order valence-electron chi connectivity index (χ2n) is 5.23. The lowest BCUT2D eigenvalue weighted by Crippen LogP contribution is -1.98. The van der Waals surface area contributed by atoms with Crippen LogP contribution in [-0.2, 0) is 0 Å². The van der Waals surface area contributed by atoms with E-state index in [1.54, 1.807) is 48.9 Å². The Balaban J connectivity index is 1.67. The Kier molecular flexibility index (Phi) is 3.72. The standard InChI is InChI=1S/C18H11N5OS/c19-9-12-1-3-13(4-2-12)15-11-22-23(18(15)24)16-6-5-14(10-21-16)17-20-7-8-25-17/h1-8,10-11,24H. The highest BCUT2D eigenvalue weighted by atomic mass is 32.1. The van der Waals surface area contributed by atoms with Crippen LogP contribution >= 0.6 is 11.3 Å². The van der Waals surface area contributed by atoms with E-state index in [1.807, 2.05) is 11.4 Å². The molecule has 0 radical (unpaired) electrons. The Morgan fingerprint density at radius 1 is 1.00 bits per heavy atom. The van der Waals surface area contributed by atoms with E-state index >= 15 is 0 Å². The molecular formula is C18H11N5OS. The van der Waals surface area contributed by atoms with Crippen molar-refractivity contribution in [2.24, 2.45) is 0 Å². The van der Waals surface area contributed by atoms with E-state index in [1.165, 1.54) is 16.0 Å². The molecule has 4 rings (SSSR count). The highest BCUT2D eigenvalue weighted by molar-refractivity contribution is 7.13. The summed E-state index contributed by atoms with van der Waals surface area (Å²) < 4.78 is 1.37. The normalized spacial score (nSPS) is 10.5. The van der Waals surface area contributed by atoms with Crippen LogP contribution in [0.1, 0.15) is 5.56 Å². The van der Waals surface area contributed by atoms with Gasteiger partial charge in [0.05, 0.1) is 23.4 Å². The zero-order valence-corrected chi connectivity index (χ0v) is 13.7. The van der Waals surface area contributed by atoms with Gasteiger partial charge in [0.15, 0.2) is 5.82 Å². The van der Waals surface area contributed by atoms with Crippen molar-refractivity contribution in [2.45, 2.75) is 0 Å². The van der Waals surface area contributed by atoms with Crippen molar-refractivity contribution in [1.29, 1.82) is 5.26 Å². The number of pyridine rings is 1. The molecule has 1 aromatic carbocycles. The van der Waals surface area contributed by atoms with Crippen molar-refractivity contribution in [3.8, 4) is 39.5 Å². The van der Waals surface area contributed by atoms with Crippen molar-refractivity contribution in [3.05, 3.63) is 65.9 Å². The summed E-state index contributed by atoms with van der Waals surface area (Å²) >= 11 is 1.54. The van der Waals surface area contributed by atoms with Crippen LogP contribution in [0.3, 0.4) is 0 Å². The molecule has 0 spiro atoms. The second-order valence-corrected chi connectivity index (χ2v) is 6.12. The largest absolute Gasteiger partial charge is 0.493 e. The zero-order valence-electron chi connectivity index (χ0n) is 12.9. The van der Waals surface area contributed by atoms with Gasteiger partial charge < -0.3 is 5.11 Å². The number of hydrogen-bond acceptors (Lipinski definition) is 6. The Labute approximate surface area is 147 Å². The number of thiazole rings is 1. The van der Waals surface area contributed by atoms with Gasteiger partial charge in [0.2, 0.25) is 5.88 Å². The maximum atomic E-state index is 10.5. The maximum absolute atomic E-state index is 10.5. The molecule has 120 valence electrons. The Morgan fingerprint density at radius 2 is 1.80 bits per heavy atom. The molecular weight excluding hydrogens is 334 g/mol. The zero-order chi connectivity index (χ0) is 17.2. The van der Waals surface area contributed by atoms with Crippen LogP contribution in [0.15, 0.2) is 60.4 Å². The van der Waals surface area contributed by atoms with Crippen LogP contribution in [0.2, 0.25) is 0 Å². The van der Waals surface area contributed by atoms with Gasteiger partial charge in [0, 0.05) is 23.3 Å². The molecule has 0 aliphatic rings. The molecule has 0 aliphatic carbocycles. The Morgan fingerprint density at radius 3 is 2.44 bits per heavy atom. The van der Waals surface area contributed by atoms with E-state index in [0.29, 0.717) is 16.9 Å². The summed E-state index contributed by atoms with van der Waals surface area (Å²) in [5.74, 6) is 0.511. The molecule has 7 heteroatoms. The fourth-order valence-corrected chi connectivity index (χ4v) is 3.07. The van der Waals surface area contributed by atoms with Gasteiger partial charge in [-0.05, 0) is 29.8 Å². The van der Waals surface area contributed by atoms with Crippen LogP contribution in [0.4, 0.5) is 0 Å². The fourth-order valence-electron chi connectivity index (χ4n) is 2.44. The van der Waals surface area contributed by atoms with Gasteiger partial charge in [-0.25, -0.2) is 9.97 Å². The van der Waals surface area contributed by atoms with E-state index in [9.17, 15) is 5.11 Å². The first-order valence-corrected chi connectivity index (χ1v) is 8.28. The molecule has 4 aromatic rings. The molecule has 0 fully saturated rings. The number of nitrogens with zero attached hydrogens (tertiary/aromatic N) is 5. The SMILES string of the molecule is N#Cc1ccc(-c2cnn(-c3ccc(-c4nccs4)cn3)c2O)cc1. The summed E-state index contributed by atoms with van der Waals surface area (Å²) in [6.45, 7) is 0.